The fourth-order valence-corrected chi connectivity index (χ4v) is 3.46. The van der Waals surface area contributed by atoms with E-state index < -0.39 is 0 Å². The zero-order valence-corrected chi connectivity index (χ0v) is 11.3. The van der Waals surface area contributed by atoms with E-state index >= 15 is 0 Å². The summed E-state index contributed by atoms with van der Waals surface area (Å²) in [5.41, 5.74) is 9.23. The predicted octanol–water partition coefficient (Wildman–Crippen LogP) is 3.81. The van der Waals surface area contributed by atoms with Crippen molar-refractivity contribution >= 4 is 11.3 Å². The van der Waals surface area contributed by atoms with Crippen LogP contribution in [0.5, 0.6) is 0 Å². The van der Waals surface area contributed by atoms with Crippen LogP contribution in [0.15, 0.2) is 47.2 Å². The fourth-order valence-electron chi connectivity index (χ4n) is 2.75. The molecule has 1 aromatic carbocycles. The van der Waals surface area contributed by atoms with Crippen LogP contribution in [0.2, 0.25) is 0 Å². The largest absolute Gasteiger partial charge is 0.327 e. The van der Waals surface area contributed by atoms with Crippen molar-refractivity contribution in [3.63, 3.8) is 0 Å². The van der Waals surface area contributed by atoms with Crippen LogP contribution in [-0.4, -0.2) is 6.04 Å². The van der Waals surface area contributed by atoms with Crippen molar-refractivity contribution in [2.45, 2.75) is 31.2 Å². The Morgan fingerprint density at radius 3 is 2.78 bits per heavy atom. The molecule has 2 N–H and O–H groups in total. The van der Waals surface area contributed by atoms with Crippen LogP contribution in [0.1, 0.15) is 29.9 Å². The molecule has 1 saturated carbocycles. The molecule has 0 saturated heterocycles. The van der Waals surface area contributed by atoms with Gasteiger partial charge in [-0.1, -0.05) is 30.3 Å². The van der Waals surface area contributed by atoms with Crippen molar-refractivity contribution in [1.82, 2.24) is 0 Å². The average molecular weight is 257 g/mol. The highest BCUT2D eigenvalue weighted by Crippen LogP contribution is 2.49. The van der Waals surface area contributed by atoms with Crippen LogP contribution in [0.3, 0.4) is 0 Å². The molecule has 2 heteroatoms. The van der Waals surface area contributed by atoms with E-state index in [1.807, 2.05) is 0 Å². The van der Waals surface area contributed by atoms with Gasteiger partial charge in [0.15, 0.2) is 0 Å². The number of benzene rings is 1. The number of aryl methyl sites for hydroxylation is 1. The summed E-state index contributed by atoms with van der Waals surface area (Å²) in [6.45, 7) is 0. The highest BCUT2D eigenvalue weighted by atomic mass is 32.1. The van der Waals surface area contributed by atoms with Crippen molar-refractivity contribution < 1.29 is 0 Å². The number of hydrogen-bond donors (Lipinski definition) is 1. The average Bonchev–Trinajstić information content (AvgIpc) is 3.05. The lowest BCUT2D eigenvalue weighted by atomic mass is 10.0. The summed E-state index contributed by atoms with van der Waals surface area (Å²) in [7, 11) is 0. The van der Waals surface area contributed by atoms with E-state index in [4.69, 9.17) is 5.73 Å². The molecule has 0 radical (unpaired) electrons. The van der Waals surface area contributed by atoms with Crippen molar-refractivity contribution in [1.29, 1.82) is 0 Å². The van der Waals surface area contributed by atoms with Gasteiger partial charge in [0.25, 0.3) is 0 Å². The predicted molar refractivity (Wildman–Crippen MR) is 77.9 cm³/mol. The molecule has 0 amide bonds. The molecule has 3 rings (SSSR count). The molecule has 1 aromatic heterocycles. The second kappa shape index (κ2) is 5.25. The van der Waals surface area contributed by atoms with Crippen LogP contribution in [-0.2, 0) is 6.42 Å². The summed E-state index contributed by atoms with van der Waals surface area (Å²) < 4.78 is 0. The van der Waals surface area contributed by atoms with Gasteiger partial charge in [-0.2, -0.15) is 11.3 Å². The van der Waals surface area contributed by atoms with Gasteiger partial charge in [0.2, 0.25) is 0 Å². The van der Waals surface area contributed by atoms with Gasteiger partial charge in [-0.25, -0.2) is 0 Å². The van der Waals surface area contributed by atoms with E-state index in [0.717, 1.165) is 12.8 Å². The van der Waals surface area contributed by atoms with Crippen LogP contribution >= 0.6 is 11.3 Å². The Labute approximate surface area is 113 Å². The van der Waals surface area contributed by atoms with Gasteiger partial charge < -0.3 is 5.73 Å². The lowest BCUT2D eigenvalue weighted by Gasteiger charge is -2.10. The van der Waals surface area contributed by atoms with Gasteiger partial charge in [-0.15, -0.1) is 0 Å². The van der Waals surface area contributed by atoms with Crippen LogP contribution in [0.4, 0.5) is 0 Å². The van der Waals surface area contributed by atoms with Crippen molar-refractivity contribution in [2.75, 3.05) is 0 Å². The second-order valence-corrected chi connectivity index (χ2v) is 6.03. The van der Waals surface area contributed by atoms with Crippen molar-refractivity contribution in [3.8, 4) is 0 Å². The topological polar surface area (TPSA) is 26.0 Å². The standard InChI is InChI=1S/C16H19NS/c17-16(7-6-12-8-9-18-11-12)15-10-14(15)13-4-2-1-3-5-13/h1-5,8-9,11,14-16H,6-7,10,17H2. The summed E-state index contributed by atoms with van der Waals surface area (Å²) in [4.78, 5) is 0. The Bertz CT molecular complexity index is 477. The number of hydrogen-bond acceptors (Lipinski definition) is 2. The third-order valence-electron chi connectivity index (χ3n) is 3.96. The normalized spacial score (nSPS) is 23.8. The SMILES string of the molecule is NC(CCc1ccsc1)C1CC1c1ccccc1. The maximum atomic E-state index is 6.33. The monoisotopic (exact) mass is 257 g/mol. The third kappa shape index (κ3) is 2.65. The molecule has 0 bridgehead atoms. The van der Waals surface area contributed by atoms with Crippen LogP contribution < -0.4 is 5.73 Å². The van der Waals surface area contributed by atoms with E-state index in [1.165, 1.54) is 17.5 Å². The zero-order chi connectivity index (χ0) is 12.4. The van der Waals surface area contributed by atoms with Gasteiger partial charge in [0.05, 0.1) is 0 Å². The zero-order valence-electron chi connectivity index (χ0n) is 10.5. The first-order valence-electron chi connectivity index (χ1n) is 6.66. The first kappa shape index (κ1) is 11.9. The Kier molecular flexibility index (Phi) is 3.48. The molecule has 3 atom stereocenters. The molecule has 1 aliphatic rings. The van der Waals surface area contributed by atoms with E-state index in [9.17, 15) is 0 Å². The first-order chi connectivity index (χ1) is 8.84. The lowest BCUT2D eigenvalue weighted by molar-refractivity contribution is 0.539. The molecule has 18 heavy (non-hydrogen) atoms. The lowest BCUT2D eigenvalue weighted by Crippen LogP contribution is -2.23. The molecule has 3 unspecified atom stereocenters. The second-order valence-electron chi connectivity index (χ2n) is 5.25. The summed E-state index contributed by atoms with van der Waals surface area (Å²) >= 11 is 1.77. The maximum Gasteiger partial charge on any atom is 0.00763 e. The molecule has 0 aliphatic heterocycles. The maximum absolute atomic E-state index is 6.33. The Morgan fingerprint density at radius 2 is 2.06 bits per heavy atom. The minimum atomic E-state index is 0.357. The summed E-state index contributed by atoms with van der Waals surface area (Å²) in [6.07, 6.45) is 3.52. The first-order valence-corrected chi connectivity index (χ1v) is 7.60. The molecule has 2 aromatic rings. The smallest absolute Gasteiger partial charge is 0.00763 e. The van der Waals surface area contributed by atoms with Crippen LogP contribution in [0.25, 0.3) is 0 Å². The van der Waals surface area contributed by atoms with Gasteiger partial charge >= 0.3 is 0 Å². The van der Waals surface area contributed by atoms with Crippen molar-refractivity contribution in [2.24, 2.45) is 11.7 Å². The summed E-state index contributed by atoms with van der Waals surface area (Å²) in [5, 5.41) is 4.37. The van der Waals surface area contributed by atoms with E-state index in [2.05, 4.69) is 47.2 Å². The van der Waals surface area contributed by atoms with E-state index in [0.29, 0.717) is 17.9 Å². The summed E-state index contributed by atoms with van der Waals surface area (Å²) in [6, 6.07) is 13.4. The molecule has 1 nitrogen and oxygen atoms in total. The fraction of sp³-hybridized carbons (Fsp3) is 0.375. The molecule has 1 aliphatic carbocycles. The Morgan fingerprint density at radius 1 is 1.22 bits per heavy atom. The number of thiophene rings is 1. The molecule has 1 heterocycles. The highest BCUT2D eigenvalue weighted by molar-refractivity contribution is 7.07. The van der Waals surface area contributed by atoms with E-state index in [1.54, 1.807) is 11.3 Å². The molecule has 0 spiro atoms. The molecule has 1 fully saturated rings. The minimum Gasteiger partial charge on any atom is -0.327 e. The molecule has 94 valence electrons. The molecular weight excluding hydrogens is 238 g/mol. The highest BCUT2D eigenvalue weighted by Gasteiger charge is 2.41. The van der Waals surface area contributed by atoms with Gasteiger partial charge in [-0.05, 0) is 59.1 Å². The van der Waals surface area contributed by atoms with Gasteiger partial charge in [0.1, 0.15) is 0 Å². The van der Waals surface area contributed by atoms with E-state index in [-0.39, 0.29) is 0 Å². The Hall–Kier alpha value is -1.12. The van der Waals surface area contributed by atoms with Gasteiger partial charge in [0, 0.05) is 6.04 Å². The Balaban J connectivity index is 1.52. The minimum absolute atomic E-state index is 0.357. The number of nitrogens with two attached hydrogens (primary N) is 1. The van der Waals surface area contributed by atoms with Crippen molar-refractivity contribution in [3.05, 3.63) is 58.3 Å². The molecular formula is C16H19NS. The number of rotatable bonds is 5. The third-order valence-corrected chi connectivity index (χ3v) is 4.70. The quantitative estimate of drug-likeness (QED) is 0.866. The summed E-state index contributed by atoms with van der Waals surface area (Å²) in [5.74, 6) is 1.41. The van der Waals surface area contributed by atoms with Gasteiger partial charge in [-0.3, -0.25) is 0 Å². The van der Waals surface area contributed by atoms with Crippen LogP contribution in [0, 0.1) is 5.92 Å².